The number of aromatic nitrogens is 2. The number of halogens is 1. The number of piperazine rings is 1. The maximum Gasteiger partial charge on any atom is 0.223 e. The third-order valence-electron chi connectivity index (χ3n) is 5.59. The second-order valence-electron chi connectivity index (χ2n) is 8.37. The van der Waals surface area contributed by atoms with Crippen molar-refractivity contribution in [1.29, 1.82) is 0 Å². The number of hydrogen-bond acceptors (Lipinski definition) is 3. The summed E-state index contributed by atoms with van der Waals surface area (Å²) >= 11 is 6.09. The van der Waals surface area contributed by atoms with Crippen LogP contribution in [0.4, 0.5) is 0 Å². The monoisotopic (exact) mass is 422 g/mol. The van der Waals surface area contributed by atoms with E-state index in [0.29, 0.717) is 11.4 Å². The minimum absolute atomic E-state index is 0.173. The van der Waals surface area contributed by atoms with Crippen molar-refractivity contribution in [2.24, 2.45) is 0 Å². The van der Waals surface area contributed by atoms with Crippen molar-refractivity contribution in [2.45, 2.75) is 25.7 Å². The first-order valence-electron chi connectivity index (χ1n) is 10.3. The summed E-state index contributed by atoms with van der Waals surface area (Å²) in [6.45, 7) is 7.38. The van der Waals surface area contributed by atoms with Crippen LogP contribution in [0, 0.1) is 0 Å². The molecule has 1 fully saturated rings. The van der Waals surface area contributed by atoms with Crippen molar-refractivity contribution in [3.63, 3.8) is 0 Å². The van der Waals surface area contributed by atoms with Gasteiger partial charge in [0.05, 0.1) is 11.4 Å². The number of carbonyl (C=O) groups is 1. The topological polar surface area (TPSA) is 61.0 Å². The number of carbonyl (C=O) groups excluding carboxylic acids is 1. The summed E-state index contributed by atoms with van der Waals surface area (Å²) in [4.78, 5) is 23.3. The van der Waals surface area contributed by atoms with E-state index in [9.17, 15) is 4.79 Å². The Morgan fingerprint density at radius 2 is 1.70 bits per heavy atom. The molecule has 2 N–H and O–H groups in total. The van der Waals surface area contributed by atoms with Gasteiger partial charge in [0.2, 0.25) is 5.91 Å². The summed E-state index contributed by atoms with van der Waals surface area (Å²) in [5, 5.41) is 3.99. The van der Waals surface area contributed by atoms with Crippen LogP contribution in [-0.4, -0.2) is 47.0 Å². The summed E-state index contributed by atoms with van der Waals surface area (Å²) in [7, 11) is 0. The smallest absolute Gasteiger partial charge is 0.223 e. The van der Waals surface area contributed by atoms with Crippen molar-refractivity contribution in [3.8, 4) is 22.5 Å². The highest BCUT2D eigenvalue weighted by Crippen LogP contribution is 2.35. The highest BCUT2D eigenvalue weighted by Gasteiger charge is 2.31. The highest BCUT2D eigenvalue weighted by molar-refractivity contribution is 6.30. The number of aromatic amines is 1. The number of nitrogens with zero attached hydrogens (tertiary/aromatic N) is 2. The van der Waals surface area contributed by atoms with E-state index in [1.165, 1.54) is 0 Å². The molecule has 1 aliphatic heterocycles. The van der Waals surface area contributed by atoms with E-state index >= 15 is 0 Å². The van der Waals surface area contributed by atoms with Crippen LogP contribution in [0.15, 0.2) is 54.6 Å². The maximum atomic E-state index is 12.9. The number of H-pyrrole nitrogens is 1. The summed E-state index contributed by atoms with van der Waals surface area (Å²) < 4.78 is 0. The first-order chi connectivity index (χ1) is 14.4. The Kier molecular flexibility index (Phi) is 5.93. The van der Waals surface area contributed by atoms with E-state index in [2.05, 4.69) is 36.3 Å². The fraction of sp³-hybridized carbons (Fsp3) is 0.333. The summed E-state index contributed by atoms with van der Waals surface area (Å²) in [6.07, 6.45) is 0.412. The van der Waals surface area contributed by atoms with Crippen LogP contribution in [-0.2, 0) is 10.2 Å². The van der Waals surface area contributed by atoms with Crippen molar-refractivity contribution in [2.75, 3.05) is 26.2 Å². The number of imidazole rings is 1. The number of rotatable bonds is 5. The van der Waals surface area contributed by atoms with Gasteiger partial charge in [0.15, 0.2) is 0 Å². The minimum Gasteiger partial charge on any atom is -0.341 e. The Morgan fingerprint density at radius 1 is 1.03 bits per heavy atom. The van der Waals surface area contributed by atoms with Crippen molar-refractivity contribution in [1.82, 2.24) is 20.2 Å². The van der Waals surface area contributed by atoms with E-state index in [0.717, 1.165) is 54.5 Å². The average Bonchev–Trinajstić information content (AvgIpc) is 3.22. The molecule has 156 valence electrons. The first kappa shape index (κ1) is 20.6. The van der Waals surface area contributed by atoms with Crippen LogP contribution in [0.25, 0.3) is 22.5 Å². The molecule has 0 bridgehead atoms. The van der Waals surface area contributed by atoms with Gasteiger partial charge in [-0.15, -0.1) is 0 Å². The lowest BCUT2D eigenvalue weighted by Crippen LogP contribution is -2.47. The van der Waals surface area contributed by atoms with E-state index in [4.69, 9.17) is 16.6 Å². The highest BCUT2D eigenvalue weighted by atomic mass is 35.5. The second-order valence-corrected chi connectivity index (χ2v) is 8.81. The molecule has 0 saturated carbocycles. The second kappa shape index (κ2) is 8.62. The molecule has 2 heterocycles. The fourth-order valence-electron chi connectivity index (χ4n) is 3.81. The third kappa shape index (κ3) is 4.42. The number of benzene rings is 2. The molecule has 1 saturated heterocycles. The molecule has 5 nitrogen and oxygen atoms in total. The molecular formula is C24H27ClN4O. The molecule has 1 aliphatic rings. The molecule has 6 heteroatoms. The van der Waals surface area contributed by atoms with Gasteiger partial charge in [-0.3, -0.25) is 4.79 Å². The molecule has 1 aromatic heterocycles. The van der Waals surface area contributed by atoms with E-state index < -0.39 is 5.41 Å². The Balaban J connectivity index is 1.69. The van der Waals surface area contributed by atoms with Crippen LogP contribution in [0.5, 0.6) is 0 Å². The van der Waals surface area contributed by atoms with E-state index in [1.807, 2.05) is 47.4 Å². The van der Waals surface area contributed by atoms with Gasteiger partial charge in [0.1, 0.15) is 5.82 Å². The lowest BCUT2D eigenvalue weighted by atomic mass is 9.87. The molecule has 4 rings (SSSR count). The van der Waals surface area contributed by atoms with Gasteiger partial charge >= 0.3 is 0 Å². The van der Waals surface area contributed by atoms with Crippen LogP contribution in [0.1, 0.15) is 26.1 Å². The zero-order valence-corrected chi connectivity index (χ0v) is 18.2. The van der Waals surface area contributed by atoms with Gasteiger partial charge in [-0.05, 0) is 12.1 Å². The van der Waals surface area contributed by atoms with E-state index in [-0.39, 0.29) is 5.91 Å². The van der Waals surface area contributed by atoms with Gasteiger partial charge in [-0.2, -0.15) is 0 Å². The Hall–Kier alpha value is -2.63. The quantitative estimate of drug-likeness (QED) is 0.636. The van der Waals surface area contributed by atoms with Crippen LogP contribution in [0.2, 0.25) is 5.02 Å². The standard InChI is InChI=1S/C24H27ClN4O/c1-24(2,16-20(30)29-14-12-26-13-15-29)23-27-21(17-6-4-3-5-7-17)22(28-23)18-8-10-19(25)11-9-18/h3-11,26H,12-16H2,1-2H3,(H,27,28). The molecule has 2 aromatic carbocycles. The van der Waals surface area contributed by atoms with Crippen LogP contribution < -0.4 is 5.32 Å². The molecule has 3 aromatic rings. The number of hydrogen-bond donors (Lipinski definition) is 2. The summed E-state index contributed by atoms with van der Waals surface area (Å²) in [5.41, 5.74) is 3.46. The lowest BCUT2D eigenvalue weighted by molar-refractivity contribution is -0.132. The normalized spacial score (nSPS) is 14.7. The SMILES string of the molecule is CC(C)(CC(=O)N1CCNCC1)c1nc(-c2ccc(Cl)cc2)c(-c2ccccc2)[nH]1. The molecule has 30 heavy (non-hydrogen) atoms. The van der Waals surface area contributed by atoms with Crippen LogP contribution in [0.3, 0.4) is 0 Å². The molecule has 1 amide bonds. The molecule has 0 spiro atoms. The molecular weight excluding hydrogens is 396 g/mol. The van der Waals surface area contributed by atoms with Crippen LogP contribution >= 0.6 is 11.6 Å². The molecule has 0 radical (unpaired) electrons. The first-order valence-corrected chi connectivity index (χ1v) is 10.7. The van der Waals surface area contributed by atoms with Crippen molar-refractivity contribution < 1.29 is 4.79 Å². The zero-order chi connectivity index (χ0) is 21.1. The minimum atomic E-state index is -0.420. The fourth-order valence-corrected chi connectivity index (χ4v) is 3.94. The Bertz CT molecular complexity index is 1010. The van der Waals surface area contributed by atoms with Gasteiger partial charge < -0.3 is 15.2 Å². The number of nitrogens with one attached hydrogen (secondary N) is 2. The van der Waals surface area contributed by atoms with Gasteiger partial charge in [0.25, 0.3) is 0 Å². The largest absolute Gasteiger partial charge is 0.341 e. The lowest BCUT2D eigenvalue weighted by Gasteiger charge is -2.31. The van der Waals surface area contributed by atoms with Gasteiger partial charge in [-0.1, -0.05) is 67.9 Å². The zero-order valence-electron chi connectivity index (χ0n) is 17.4. The van der Waals surface area contributed by atoms with Crippen molar-refractivity contribution >= 4 is 17.5 Å². The maximum absolute atomic E-state index is 12.9. The number of amides is 1. The molecule has 0 unspecified atom stereocenters. The van der Waals surface area contributed by atoms with E-state index in [1.54, 1.807) is 0 Å². The summed E-state index contributed by atoms with van der Waals surface area (Å²) in [5.74, 6) is 0.988. The van der Waals surface area contributed by atoms with Gasteiger partial charge in [-0.25, -0.2) is 4.98 Å². The summed E-state index contributed by atoms with van der Waals surface area (Å²) in [6, 6.07) is 17.9. The molecule has 0 atom stereocenters. The molecule has 0 aliphatic carbocycles. The van der Waals surface area contributed by atoms with Crippen molar-refractivity contribution in [3.05, 3.63) is 65.4 Å². The predicted octanol–water partition coefficient (Wildman–Crippen LogP) is 4.50. The van der Waals surface area contributed by atoms with Gasteiger partial charge in [0, 0.05) is 54.2 Å². The Labute approximate surface area is 182 Å². The Morgan fingerprint density at radius 3 is 2.37 bits per heavy atom. The third-order valence-corrected chi connectivity index (χ3v) is 5.84. The average molecular weight is 423 g/mol. The predicted molar refractivity (Wildman–Crippen MR) is 122 cm³/mol.